The highest BCUT2D eigenvalue weighted by molar-refractivity contribution is 5.21. The zero-order chi connectivity index (χ0) is 9.68. The van der Waals surface area contributed by atoms with Gasteiger partial charge in [0.15, 0.2) is 0 Å². The number of nitrogens with zero attached hydrogens (tertiary/aromatic N) is 1. The minimum Gasteiger partial charge on any atom is -0.309 e. The van der Waals surface area contributed by atoms with Crippen LogP contribution in [0, 0.1) is 6.92 Å². The van der Waals surface area contributed by atoms with Gasteiger partial charge in [0.05, 0.1) is 0 Å². The average Bonchev–Trinajstić information content (AvgIpc) is 2.08. The van der Waals surface area contributed by atoms with Gasteiger partial charge in [0.1, 0.15) is 0 Å². The van der Waals surface area contributed by atoms with Crippen molar-refractivity contribution in [2.45, 2.75) is 20.4 Å². The van der Waals surface area contributed by atoms with E-state index in [0.717, 1.165) is 18.7 Å². The normalized spacial score (nSPS) is 10.0. The number of pyridine rings is 1. The summed E-state index contributed by atoms with van der Waals surface area (Å²) in [7, 11) is 0. The molecule has 0 radical (unpaired) electrons. The number of nitrogens with one attached hydrogen (secondary N) is 1. The average molecular weight is 176 g/mol. The molecule has 1 N–H and O–H groups in total. The smallest absolute Gasteiger partial charge is 0.0300 e. The van der Waals surface area contributed by atoms with E-state index in [4.69, 9.17) is 0 Å². The largest absolute Gasteiger partial charge is 0.309 e. The van der Waals surface area contributed by atoms with Crippen LogP contribution in [0.5, 0.6) is 0 Å². The van der Waals surface area contributed by atoms with E-state index in [1.54, 1.807) is 0 Å². The second-order valence-corrected chi connectivity index (χ2v) is 3.36. The SMILES string of the molecule is C=C(C)CNCc1ccncc1C. The molecule has 0 aliphatic carbocycles. The molecule has 0 amide bonds. The maximum absolute atomic E-state index is 4.04. The van der Waals surface area contributed by atoms with Gasteiger partial charge in [-0.15, -0.1) is 0 Å². The molecule has 70 valence electrons. The Balaban J connectivity index is 2.45. The van der Waals surface area contributed by atoms with E-state index in [1.165, 1.54) is 11.1 Å². The molecule has 13 heavy (non-hydrogen) atoms. The van der Waals surface area contributed by atoms with E-state index in [-0.39, 0.29) is 0 Å². The van der Waals surface area contributed by atoms with Crippen LogP contribution in [0.2, 0.25) is 0 Å². The molecule has 2 nitrogen and oxygen atoms in total. The van der Waals surface area contributed by atoms with E-state index in [1.807, 2.05) is 25.4 Å². The van der Waals surface area contributed by atoms with Crippen molar-refractivity contribution in [3.63, 3.8) is 0 Å². The van der Waals surface area contributed by atoms with E-state index in [9.17, 15) is 0 Å². The maximum atomic E-state index is 4.04. The summed E-state index contributed by atoms with van der Waals surface area (Å²) in [5, 5.41) is 3.31. The first-order valence-corrected chi connectivity index (χ1v) is 4.44. The summed E-state index contributed by atoms with van der Waals surface area (Å²) in [5.74, 6) is 0. The van der Waals surface area contributed by atoms with Gasteiger partial charge in [0.2, 0.25) is 0 Å². The molecule has 0 aliphatic heterocycles. The molecule has 0 aliphatic rings. The van der Waals surface area contributed by atoms with Gasteiger partial charge in [0.25, 0.3) is 0 Å². The molecule has 1 aromatic rings. The molecule has 0 saturated heterocycles. The molecular weight excluding hydrogens is 160 g/mol. The van der Waals surface area contributed by atoms with Crippen molar-refractivity contribution >= 4 is 0 Å². The Morgan fingerprint density at radius 2 is 2.38 bits per heavy atom. The molecule has 0 saturated carbocycles. The number of hydrogen-bond donors (Lipinski definition) is 1. The molecule has 0 atom stereocenters. The van der Waals surface area contributed by atoms with E-state index < -0.39 is 0 Å². The molecule has 0 unspecified atom stereocenters. The van der Waals surface area contributed by atoms with Crippen molar-refractivity contribution in [2.75, 3.05) is 6.54 Å². The van der Waals surface area contributed by atoms with Crippen LogP contribution in [-0.4, -0.2) is 11.5 Å². The lowest BCUT2D eigenvalue weighted by molar-refractivity contribution is 0.736. The minimum absolute atomic E-state index is 0.877. The van der Waals surface area contributed by atoms with Gasteiger partial charge in [-0.3, -0.25) is 4.98 Å². The highest BCUT2D eigenvalue weighted by Crippen LogP contribution is 2.03. The minimum atomic E-state index is 0.877. The molecule has 2 heteroatoms. The molecule has 0 aromatic carbocycles. The fraction of sp³-hybridized carbons (Fsp3) is 0.364. The number of hydrogen-bond acceptors (Lipinski definition) is 2. The Kier molecular flexibility index (Phi) is 3.65. The van der Waals surface area contributed by atoms with Crippen molar-refractivity contribution in [1.29, 1.82) is 0 Å². The molecule has 0 fully saturated rings. The van der Waals surface area contributed by atoms with Crippen molar-refractivity contribution in [3.05, 3.63) is 41.7 Å². The number of aryl methyl sites for hydroxylation is 1. The lowest BCUT2D eigenvalue weighted by Gasteiger charge is -2.06. The zero-order valence-corrected chi connectivity index (χ0v) is 8.30. The second kappa shape index (κ2) is 4.77. The van der Waals surface area contributed by atoms with E-state index >= 15 is 0 Å². The molecule has 1 heterocycles. The summed E-state index contributed by atoms with van der Waals surface area (Å²) in [5.41, 5.74) is 3.69. The summed E-state index contributed by atoms with van der Waals surface area (Å²) in [4.78, 5) is 4.04. The first kappa shape index (κ1) is 9.93. The van der Waals surface area contributed by atoms with Crippen molar-refractivity contribution in [3.8, 4) is 0 Å². The second-order valence-electron chi connectivity index (χ2n) is 3.36. The lowest BCUT2D eigenvalue weighted by atomic mass is 10.1. The predicted molar refractivity (Wildman–Crippen MR) is 55.5 cm³/mol. The van der Waals surface area contributed by atoms with E-state index in [0.29, 0.717) is 0 Å². The summed E-state index contributed by atoms with van der Waals surface area (Å²) in [6, 6.07) is 2.04. The van der Waals surface area contributed by atoms with Gasteiger partial charge in [-0.2, -0.15) is 0 Å². The molecular formula is C11H16N2. The summed E-state index contributed by atoms with van der Waals surface area (Å²) in [6.07, 6.45) is 3.71. The zero-order valence-electron chi connectivity index (χ0n) is 8.30. The van der Waals surface area contributed by atoms with Crippen LogP contribution in [0.3, 0.4) is 0 Å². The highest BCUT2D eigenvalue weighted by atomic mass is 14.8. The Bertz CT molecular complexity index is 292. The lowest BCUT2D eigenvalue weighted by Crippen LogP contribution is -2.15. The quantitative estimate of drug-likeness (QED) is 0.710. The Hall–Kier alpha value is -1.15. The molecule has 0 bridgehead atoms. The third-order valence-electron chi connectivity index (χ3n) is 1.88. The monoisotopic (exact) mass is 176 g/mol. The first-order valence-electron chi connectivity index (χ1n) is 4.44. The Morgan fingerprint density at radius 3 is 3.00 bits per heavy atom. The van der Waals surface area contributed by atoms with Crippen molar-refractivity contribution in [1.82, 2.24) is 10.3 Å². The van der Waals surface area contributed by atoms with Crippen LogP contribution >= 0.6 is 0 Å². The van der Waals surface area contributed by atoms with Crippen molar-refractivity contribution < 1.29 is 0 Å². The van der Waals surface area contributed by atoms with Crippen LogP contribution in [0.1, 0.15) is 18.1 Å². The Morgan fingerprint density at radius 1 is 1.62 bits per heavy atom. The third-order valence-corrected chi connectivity index (χ3v) is 1.88. The van der Waals surface area contributed by atoms with Gasteiger partial charge in [-0.1, -0.05) is 12.2 Å². The summed E-state index contributed by atoms with van der Waals surface area (Å²) < 4.78 is 0. The number of aromatic nitrogens is 1. The standard InChI is InChI=1S/C11H16N2/c1-9(2)6-13-8-11-4-5-12-7-10(11)3/h4-5,7,13H,1,6,8H2,2-3H3. The van der Waals surface area contributed by atoms with Gasteiger partial charge < -0.3 is 5.32 Å². The Labute approximate surface area is 79.7 Å². The first-order chi connectivity index (χ1) is 6.20. The van der Waals surface area contributed by atoms with Gasteiger partial charge in [0, 0.05) is 25.5 Å². The van der Waals surface area contributed by atoms with Crippen LogP contribution in [0.4, 0.5) is 0 Å². The van der Waals surface area contributed by atoms with Gasteiger partial charge in [-0.25, -0.2) is 0 Å². The fourth-order valence-corrected chi connectivity index (χ4v) is 1.11. The number of rotatable bonds is 4. The van der Waals surface area contributed by atoms with Crippen LogP contribution in [0.25, 0.3) is 0 Å². The topological polar surface area (TPSA) is 24.9 Å². The predicted octanol–water partition coefficient (Wildman–Crippen LogP) is 2.06. The van der Waals surface area contributed by atoms with Gasteiger partial charge in [-0.05, 0) is 31.0 Å². The van der Waals surface area contributed by atoms with Crippen LogP contribution in [0.15, 0.2) is 30.6 Å². The van der Waals surface area contributed by atoms with Gasteiger partial charge >= 0.3 is 0 Å². The maximum Gasteiger partial charge on any atom is 0.0300 e. The van der Waals surface area contributed by atoms with E-state index in [2.05, 4.69) is 23.8 Å². The summed E-state index contributed by atoms with van der Waals surface area (Å²) in [6.45, 7) is 9.70. The molecule has 1 rings (SSSR count). The fourth-order valence-electron chi connectivity index (χ4n) is 1.11. The third kappa shape index (κ3) is 3.38. The molecule has 1 aromatic heterocycles. The summed E-state index contributed by atoms with van der Waals surface area (Å²) >= 11 is 0. The van der Waals surface area contributed by atoms with Crippen molar-refractivity contribution in [2.24, 2.45) is 0 Å². The highest BCUT2D eigenvalue weighted by Gasteiger charge is 1.95. The van der Waals surface area contributed by atoms with Crippen LogP contribution in [-0.2, 0) is 6.54 Å². The van der Waals surface area contributed by atoms with Crippen LogP contribution < -0.4 is 5.32 Å². The molecule has 0 spiro atoms.